The fourth-order valence-corrected chi connectivity index (χ4v) is 2.99. The van der Waals surface area contributed by atoms with Crippen LogP contribution < -0.4 is 0 Å². The molecule has 0 unspecified atom stereocenters. The first-order valence-electron chi connectivity index (χ1n) is 7.35. The van der Waals surface area contributed by atoms with Gasteiger partial charge in [0.2, 0.25) is 0 Å². The molecule has 1 aliphatic rings. The molecule has 0 aromatic heterocycles. The summed E-state index contributed by atoms with van der Waals surface area (Å²) < 4.78 is 0. The van der Waals surface area contributed by atoms with E-state index in [0.717, 1.165) is 33.4 Å². The molecule has 1 heteroatoms. The summed E-state index contributed by atoms with van der Waals surface area (Å²) in [4.78, 5) is 12.5. The van der Waals surface area contributed by atoms with Crippen molar-refractivity contribution in [1.29, 1.82) is 0 Å². The van der Waals surface area contributed by atoms with Crippen LogP contribution in [0.25, 0.3) is 23.3 Å². The molecule has 0 atom stereocenters. The lowest BCUT2D eigenvalue weighted by Gasteiger charge is -2.04. The molecule has 1 aliphatic carbocycles. The second-order valence-electron chi connectivity index (χ2n) is 5.39. The molecule has 0 fully saturated rings. The zero-order chi connectivity index (χ0) is 14.9. The Morgan fingerprint density at radius 3 is 2.09 bits per heavy atom. The Morgan fingerprint density at radius 1 is 0.591 bits per heavy atom. The van der Waals surface area contributed by atoms with Crippen LogP contribution in [0.15, 0.2) is 72.8 Å². The zero-order valence-electron chi connectivity index (χ0n) is 12.0. The largest absolute Gasteiger partial charge is 0.289 e. The summed E-state index contributed by atoms with van der Waals surface area (Å²) in [5, 5.41) is 0. The normalized spacial score (nSPS) is 12.5. The van der Waals surface area contributed by atoms with E-state index >= 15 is 0 Å². The van der Waals surface area contributed by atoms with Gasteiger partial charge in [-0.05, 0) is 16.7 Å². The minimum Gasteiger partial charge on any atom is -0.289 e. The third-order valence-corrected chi connectivity index (χ3v) is 4.04. The molecular formula is C21H14O. The average molecular weight is 282 g/mol. The summed E-state index contributed by atoms with van der Waals surface area (Å²) in [6.45, 7) is 0. The number of fused-ring (bicyclic) bond motifs is 3. The summed E-state index contributed by atoms with van der Waals surface area (Å²) >= 11 is 0. The first kappa shape index (κ1) is 12.8. The number of carbonyl (C=O) groups excluding carboxylic acids is 1. The first-order chi connectivity index (χ1) is 10.8. The Hall–Kier alpha value is -2.93. The smallest absolute Gasteiger partial charge is 0.194 e. The van der Waals surface area contributed by atoms with E-state index in [0.29, 0.717) is 0 Å². The topological polar surface area (TPSA) is 17.1 Å². The summed E-state index contributed by atoms with van der Waals surface area (Å²) in [7, 11) is 0. The van der Waals surface area contributed by atoms with Crippen LogP contribution in [0.1, 0.15) is 27.0 Å². The minimum atomic E-state index is 0.126. The maximum Gasteiger partial charge on any atom is 0.194 e. The highest BCUT2D eigenvalue weighted by Crippen LogP contribution is 2.39. The predicted octanol–water partition coefficient (Wildman–Crippen LogP) is 5.07. The first-order valence-corrected chi connectivity index (χ1v) is 7.35. The van der Waals surface area contributed by atoms with Gasteiger partial charge in [0, 0.05) is 16.7 Å². The van der Waals surface area contributed by atoms with Crippen molar-refractivity contribution < 1.29 is 4.79 Å². The van der Waals surface area contributed by atoms with Crippen LogP contribution in [0.4, 0.5) is 0 Å². The van der Waals surface area contributed by atoms with Gasteiger partial charge in [0.25, 0.3) is 0 Å². The number of benzene rings is 3. The molecule has 0 bridgehead atoms. The molecule has 0 saturated heterocycles. The van der Waals surface area contributed by atoms with Crippen molar-refractivity contribution in [3.8, 4) is 11.1 Å². The molecule has 0 spiro atoms. The highest BCUT2D eigenvalue weighted by molar-refractivity contribution is 6.22. The molecule has 4 rings (SSSR count). The fourth-order valence-electron chi connectivity index (χ4n) is 2.99. The second kappa shape index (κ2) is 5.12. The van der Waals surface area contributed by atoms with Crippen LogP contribution in [-0.4, -0.2) is 5.78 Å². The molecular weight excluding hydrogens is 268 g/mol. The van der Waals surface area contributed by atoms with Gasteiger partial charge >= 0.3 is 0 Å². The number of rotatable bonds is 2. The Bertz CT molecular complexity index is 889. The van der Waals surface area contributed by atoms with E-state index in [4.69, 9.17) is 0 Å². The fraction of sp³-hybridized carbons (Fsp3) is 0. The van der Waals surface area contributed by atoms with E-state index in [1.165, 1.54) is 0 Å². The van der Waals surface area contributed by atoms with Crippen molar-refractivity contribution in [3.63, 3.8) is 0 Å². The van der Waals surface area contributed by atoms with E-state index < -0.39 is 0 Å². The Balaban J connectivity index is 1.85. The molecule has 0 radical (unpaired) electrons. The van der Waals surface area contributed by atoms with Crippen molar-refractivity contribution in [3.05, 3.63) is 95.1 Å². The third kappa shape index (κ3) is 1.99. The molecule has 0 saturated carbocycles. The molecule has 22 heavy (non-hydrogen) atoms. The van der Waals surface area contributed by atoms with E-state index in [1.807, 2.05) is 54.6 Å². The van der Waals surface area contributed by atoms with Gasteiger partial charge in [-0.25, -0.2) is 0 Å². The zero-order valence-corrected chi connectivity index (χ0v) is 12.0. The van der Waals surface area contributed by atoms with Gasteiger partial charge in [-0.2, -0.15) is 0 Å². The van der Waals surface area contributed by atoms with Crippen molar-refractivity contribution >= 4 is 17.9 Å². The highest BCUT2D eigenvalue weighted by Gasteiger charge is 2.27. The number of carbonyl (C=O) groups is 1. The van der Waals surface area contributed by atoms with Crippen LogP contribution >= 0.6 is 0 Å². The summed E-state index contributed by atoms with van der Waals surface area (Å²) in [6, 6.07) is 24.0. The molecule has 3 aromatic rings. The van der Waals surface area contributed by atoms with Gasteiger partial charge in [0.05, 0.1) is 0 Å². The Morgan fingerprint density at radius 2 is 1.27 bits per heavy atom. The van der Waals surface area contributed by atoms with Crippen LogP contribution in [0.5, 0.6) is 0 Å². The highest BCUT2D eigenvalue weighted by atomic mass is 16.1. The van der Waals surface area contributed by atoms with Crippen molar-refractivity contribution in [2.45, 2.75) is 0 Å². The quantitative estimate of drug-likeness (QED) is 0.469. The van der Waals surface area contributed by atoms with Gasteiger partial charge < -0.3 is 0 Å². The SMILES string of the molecule is O=C1c2ccccc2-c2c(/C=C/c3ccccc3)cccc21. The van der Waals surface area contributed by atoms with E-state index in [2.05, 4.69) is 30.4 Å². The maximum atomic E-state index is 12.5. The Labute approximate surface area is 129 Å². The third-order valence-electron chi connectivity index (χ3n) is 4.04. The monoisotopic (exact) mass is 282 g/mol. The van der Waals surface area contributed by atoms with Crippen LogP contribution in [0.3, 0.4) is 0 Å². The van der Waals surface area contributed by atoms with Crippen LogP contribution in [-0.2, 0) is 0 Å². The lowest BCUT2D eigenvalue weighted by Crippen LogP contribution is -1.94. The molecule has 0 amide bonds. The Kier molecular flexibility index (Phi) is 2.97. The maximum absolute atomic E-state index is 12.5. The summed E-state index contributed by atoms with van der Waals surface area (Å²) in [5.41, 5.74) is 5.93. The van der Waals surface area contributed by atoms with E-state index in [1.54, 1.807) is 0 Å². The van der Waals surface area contributed by atoms with Crippen LogP contribution in [0.2, 0.25) is 0 Å². The number of ketones is 1. The standard InChI is InChI=1S/C21H14O/c22-21-18-11-5-4-10-17(18)20-16(9-6-12-19(20)21)14-13-15-7-2-1-3-8-15/h1-14H/b14-13+. The van der Waals surface area contributed by atoms with E-state index in [-0.39, 0.29) is 5.78 Å². The lowest BCUT2D eigenvalue weighted by molar-refractivity contribution is 0.104. The van der Waals surface area contributed by atoms with Gasteiger partial charge in [0.15, 0.2) is 5.78 Å². The average Bonchev–Trinajstić information content (AvgIpc) is 2.88. The molecule has 0 heterocycles. The lowest BCUT2D eigenvalue weighted by atomic mass is 9.98. The molecule has 0 aliphatic heterocycles. The molecule has 0 N–H and O–H groups in total. The number of hydrogen-bond donors (Lipinski definition) is 0. The van der Waals surface area contributed by atoms with Crippen molar-refractivity contribution in [2.24, 2.45) is 0 Å². The minimum absolute atomic E-state index is 0.126. The van der Waals surface area contributed by atoms with E-state index in [9.17, 15) is 4.79 Å². The van der Waals surface area contributed by atoms with Crippen LogP contribution in [0, 0.1) is 0 Å². The molecule has 3 aromatic carbocycles. The second-order valence-corrected chi connectivity index (χ2v) is 5.39. The van der Waals surface area contributed by atoms with Gasteiger partial charge in [-0.1, -0.05) is 84.9 Å². The van der Waals surface area contributed by atoms with Gasteiger partial charge in [0.1, 0.15) is 0 Å². The van der Waals surface area contributed by atoms with Crippen molar-refractivity contribution in [1.82, 2.24) is 0 Å². The number of hydrogen-bond acceptors (Lipinski definition) is 1. The summed E-state index contributed by atoms with van der Waals surface area (Å²) in [6.07, 6.45) is 4.17. The molecule has 104 valence electrons. The van der Waals surface area contributed by atoms with Gasteiger partial charge in [-0.15, -0.1) is 0 Å². The summed E-state index contributed by atoms with van der Waals surface area (Å²) in [5.74, 6) is 0.126. The van der Waals surface area contributed by atoms with Crippen molar-refractivity contribution in [2.75, 3.05) is 0 Å². The predicted molar refractivity (Wildman–Crippen MR) is 90.7 cm³/mol. The molecule has 1 nitrogen and oxygen atoms in total. The van der Waals surface area contributed by atoms with Gasteiger partial charge in [-0.3, -0.25) is 4.79 Å².